The molecule has 0 amide bonds. The van der Waals surface area contributed by atoms with Crippen LogP contribution in [0.5, 0.6) is 0 Å². The summed E-state index contributed by atoms with van der Waals surface area (Å²) in [6.45, 7) is 17.3. The van der Waals surface area contributed by atoms with Gasteiger partial charge in [-0.1, -0.05) is 65.0 Å². The van der Waals surface area contributed by atoms with Gasteiger partial charge in [0.25, 0.3) is 0 Å². The predicted octanol–water partition coefficient (Wildman–Crippen LogP) is 4.72. The molecule has 0 saturated heterocycles. The fourth-order valence-corrected chi connectivity index (χ4v) is 2.35. The monoisotopic (exact) mass is 273 g/mol. The summed E-state index contributed by atoms with van der Waals surface area (Å²) in [6.07, 6.45) is 4.30. The average molecular weight is 273 g/mol. The molecule has 1 nitrogen and oxygen atoms in total. The Kier molecular flexibility index (Phi) is 6.01. The van der Waals surface area contributed by atoms with Crippen molar-refractivity contribution in [3.8, 4) is 0 Å². The summed E-state index contributed by atoms with van der Waals surface area (Å²) in [5.74, 6) is 0. The smallest absolute Gasteiger partial charge is 0.00430 e. The van der Waals surface area contributed by atoms with Crippen LogP contribution in [0.15, 0.2) is 36.9 Å². The van der Waals surface area contributed by atoms with Crippen molar-refractivity contribution in [2.24, 2.45) is 5.41 Å². The van der Waals surface area contributed by atoms with E-state index in [4.69, 9.17) is 0 Å². The van der Waals surface area contributed by atoms with E-state index in [1.54, 1.807) is 0 Å². The maximum absolute atomic E-state index is 4.02. The zero-order valence-electron chi connectivity index (χ0n) is 13.9. The molecule has 1 rings (SSSR count). The minimum atomic E-state index is 0.123. The summed E-state index contributed by atoms with van der Waals surface area (Å²) in [6, 6.07) is 9.06. The maximum Gasteiger partial charge on any atom is 0.00430 e. The molecule has 0 radical (unpaired) electrons. The van der Waals surface area contributed by atoms with Gasteiger partial charge in [0.05, 0.1) is 0 Å². The molecular weight excluding hydrogens is 242 g/mol. The van der Waals surface area contributed by atoms with Crippen LogP contribution >= 0.6 is 0 Å². The lowest BCUT2D eigenvalue weighted by molar-refractivity contribution is 0.391. The second-order valence-electron chi connectivity index (χ2n) is 7.16. The molecule has 0 spiro atoms. The Morgan fingerprint density at radius 2 is 1.70 bits per heavy atom. The van der Waals surface area contributed by atoms with Crippen LogP contribution in [0.3, 0.4) is 0 Å². The van der Waals surface area contributed by atoms with Gasteiger partial charge < -0.3 is 5.32 Å². The van der Waals surface area contributed by atoms with Gasteiger partial charge in [-0.2, -0.15) is 0 Å². The molecule has 0 aliphatic rings. The van der Waals surface area contributed by atoms with E-state index in [0.29, 0.717) is 0 Å². The highest BCUT2D eigenvalue weighted by Gasteiger charge is 2.21. The van der Waals surface area contributed by atoms with Gasteiger partial charge in [0.15, 0.2) is 0 Å². The minimum Gasteiger partial charge on any atom is -0.316 e. The van der Waals surface area contributed by atoms with E-state index in [2.05, 4.69) is 76.9 Å². The van der Waals surface area contributed by atoms with Crippen molar-refractivity contribution in [2.75, 3.05) is 13.1 Å². The Morgan fingerprint density at radius 3 is 2.15 bits per heavy atom. The lowest BCUT2D eigenvalue weighted by Gasteiger charge is -2.27. The first-order valence-corrected chi connectivity index (χ1v) is 7.74. The van der Waals surface area contributed by atoms with E-state index in [9.17, 15) is 0 Å². The van der Waals surface area contributed by atoms with Crippen molar-refractivity contribution < 1.29 is 0 Å². The Morgan fingerprint density at radius 1 is 1.10 bits per heavy atom. The van der Waals surface area contributed by atoms with Gasteiger partial charge in [-0.3, -0.25) is 0 Å². The Balaban J connectivity index is 2.72. The first-order valence-electron chi connectivity index (χ1n) is 7.74. The quantitative estimate of drug-likeness (QED) is 0.560. The van der Waals surface area contributed by atoms with Crippen molar-refractivity contribution in [3.63, 3.8) is 0 Å². The molecule has 0 aliphatic heterocycles. The third-order valence-electron chi connectivity index (χ3n) is 3.88. The molecule has 1 unspecified atom stereocenters. The van der Waals surface area contributed by atoms with Crippen molar-refractivity contribution in [3.05, 3.63) is 48.0 Å². The lowest BCUT2D eigenvalue weighted by Crippen LogP contribution is -2.32. The highest BCUT2D eigenvalue weighted by Crippen LogP contribution is 2.26. The van der Waals surface area contributed by atoms with Gasteiger partial charge in [0.1, 0.15) is 0 Å². The summed E-state index contributed by atoms with van der Waals surface area (Å²) in [5.41, 5.74) is 3.13. The van der Waals surface area contributed by atoms with Crippen molar-refractivity contribution in [1.82, 2.24) is 5.32 Å². The average Bonchev–Trinajstić information content (AvgIpc) is 2.38. The fourth-order valence-electron chi connectivity index (χ4n) is 2.35. The number of hydrogen-bond acceptors (Lipinski definition) is 1. The van der Waals surface area contributed by atoms with E-state index in [1.165, 1.54) is 17.5 Å². The Labute approximate surface area is 125 Å². The highest BCUT2D eigenvalue weighted by atomic mass is 14.9. The van der Waals surface area contributed by atoms with Crippen LogP contribution < -0.4 is 5.32 Å². The van der Waals surface area contributed by atoms with Crippen LogP contribution in [-0.2, 0) is 11.8 Å². The van der Waals surface area contributed by atoms with Crippen molar-refractivity contribution >= 4 is 0 Å². The SMILES string of the molecule is C=CC(C)(CNCCC)Cc1ccc(C(C)(C)C)cc1. The van der Waals surface area contributed by atoms with Gasteiger partial charge in [-0.25, -0.2) is 0 Å². The normalized spacial score (nSPS) is 14.8. The molecule has 0 aromatic heterocycles. The van der Waals surface area contributed by atoms with E-state index in [0.717, 1.165) is 19.5 Å². The van der Waals surface area contributed by atoms with Crippen LogP contribution in [0, 0.1) is 5.41 Å². The third-order valence-corrected chi connectivity index (χ3v) is 3.88. The van der Waals surface area contributed by atoms with Crippen LogP contribution in [0.2, 0.25) is 0 Å². The first-order chi connectivity index (χ1) is 9.30. The largest absolute Gasteiger partial charge is 0.316 e. The van der Waals surface area contributed by atoms with Crippen molar-refractivity contribution in [2.45, 2.75) is 52.9 Å². The summed E-state index contributed by atoms with van der Waals surface area (Å²) < 4.78 is 0. The molecule has 1 heteroatoms. The summed E-state index contributed by atoms with van der Waals surface area (Å²) in [4.78, 5) is 0. The number of nitrogens with one attached hydrogen (secondary N) is 1. The Bertz CT molecular complexity index is 410. The molecule has 0 bridgehead atoms. The zero-order valence-corrected chi connectivity index (χ0v) is 13.9. The Hall–Kier alpha value is -1.08. The molecule has 1 atom stereocenters. The zero-order chi connectivity index (χ0) is 15.2. The van der Waals surface area contributed by atoms with Crippen molar-refractivity contribution in [1.29, 1.82) is 0 Å². The predicted molar refractivity (Wildman–Crippen MR) is 90.3 cm³/mol. The second kappa shape index (κ2) is 7.08. The van der Waals surface area contributed by atoms with Gasteiger partial charge >= 0.3 is 0 Å². The molecule has 1 aromatic rings. The first kappa shape index (κ1) is 17.0. The van der Waals surface area contributed by atoms with Crippen LogP contribution in [0.1, 0.15) is 52.2 Å². The molecule has 0 fully saturated rings. The van der Waals surface area contributed by atoms with E-state index in [1.807, 2.05) is 0 Å². The van der Waals surface area contributed by atoms with E-state index < -0.39 is 0 Å². The van der Waals surface area contributed by atoms with Gasteiger partial charge in [-0.15, -0.1) is 6.58 Å². The van der Waals surface area contributed by atoms with Crippen LogP contribution in [0.4, 0.5) is 0 Å². The summed E-state index contributed by atoms with van der Waals surface area (Å²) in [5, 5.41) is 3.51. The number of rotatable bonds is 7. The third kappa shape index (κ3) is 5.13. The van der Waals surface area contributed by atoms with Gasteiger partial charge in [0.2, 0.25) is 0 Å². The number of hydrogen-bond donors (Lipinski definition) is 1. The molecule has 0 saturated carbocycles. The summed E-state index contributed by atoms with van der Waals surface area (Å²) >= 11 is 0. The van der Waals surface area contributed by atoms with E-state index >= 15 is 0 Å². The van der Waals surface area contributed by atoms with Crippen LogP contribution in [0.25, 0.3) is 0 Å². The molecule has 112 valence electrons. The molecular formula is C19H31N. The van der Waals surface area contributed by atoms with Crippen LogP contribution in [-0.4, -0.2) is 13.1 Å². The van der Waals surface area contributed by atoms with Gasteiger partial charge in [-0.05, 0) is 35.9 Å². The standard InChI is InChI=1S/C19H31N/c1-7-13-20-15-19(6,8-2)14-16-9-11-17(12-10-16)18(3,4)5/h8-12,20H,2,7,13-15H2,1,3-6H3. The number of benzene rings is 1. The highest BCUT2D eigenvalue weighted by molar-refractivity contribution is 5.28. The van der Waals surface area contributed by atoms with Gasteiger partial charge in [0, 0.05) is 12.0 Å². The molecule has 0 heterocycles. The minimum absolute atomic E-state index is 0.123. The fraction of sp³-hybridized carbons (Fsp3) is 0.579. The van der Waals surface area contributed by atoms with E-state index in [-0.39, 0.29) is 10.8 Å². The molecule has 1 aromatic carbocycles. The lowest BCUT2D eigenvalue weighted by atomic mass is 9.82. The molecule has 1 N–H and O–H groups in total. The molecule has 20 heavy (non-hydrogen) atoms. The second-order valence-corrected chi connectivity index (χ2v) is 7.16. The summed E-state index contributed by atoms with van der Waals surface area (Å²) in [7, 11) is 0. The molecule has 0 aliphatic carbocycles. The topological polar surface area (TPSA) is 12.0 Å². The maximum atomic E-state index is 4.02.